The molecule has 8 heteroatoms. The lowest BCUT2D eigenvalue weighted by Gasteiger charge is -2.17. The maximum atomic E-state index is 14.0. The minimum atomic E-state index is -0.852. The van der Waals surface area contributed by atoms with Crippen molar-refractivity contribution in [3.63, 3.8) is 0 Å². The Bertz CT molecular complexity index is 945. The molecule has 6 nitrogen and oxygen atoms in total. The van der Waals surface area contributed by atoms with E-state index in [4.69, 9.17) is 0 Å². The number of carbonyl (C=O) groups excluding carboxylic acids is 3. The van der Waals surface area contributed by atoms with Crippen LogP contribution in [0.4, 0.5) is 20.2 Å². The van der Waals surface area contributed by atoms with Gasteiger partial charge in [0.15, 0.2) is 0 Å². The van der Waals surface area contributed by atoms with Crippen LogP contribution in [0, 0.1) is 17.6 Å². The van der Waals surface area contributed by atoms with E-state index in [1.54, 1.807) is 24.3 Å². The molecule has 1 unspecified atom stereocenters. The molecule has 3 amide bonds. The highest BCUT2D eigenvalue weighted by atomic mass is 19.1. The van der Waals surface area contributed by atoms with Crippen molar-refractivity contribution in [2.24, 2.45) is 5.92 Å². The Morgan fingerprint density at radius 2 is 1.79 bits per heavy atom. The van der Waals surface area contributed by atoms with E-state index in [2.05, 4.69) is 10.6 Å². The molecule has 1 fully saturated rings. The van der Waals surface area contributed by atoms with Gasteiger partial charge in [-0.1, -0.05) is 0 Å². The van der Waals surface area contributed by atoms with E-state index in [9.17, 15) is 23.2 Å². The number of nitrogens with one attached hydrogen (secondary N) is 2. The summed E-state index contributed by atoms with van der Waals surface area (Å²) >= 11 is 0. The lowest BCUT2D eigenvalue weighted by Crippen LogP contribution is -2.30. The molecule has 3 rings (SSSR count). The Kier molecular flexibility index (Phi) is 5.91. The number of benzene rings is 2. The standard InChI is InChI=1S/C21H21F2N3O3/c1-12(2)24-20(28)13-3-6-16(7-4-13)25-21(29)14-9-19(27)26(11-14)18-8-5-15(22)10-17(18)23/h3-8,10,12,14H,9,11H2,1-2H3,(H,24,28)(H,25,29). The third-order valence-electron chi connectivity index (χ3n) is 4.53. The molecule has 2 aromatic carbocycles. The lowest BCUT2D eigenvalue weighted by atomic mass is 10.1. The van der Waals surface area contributed by atoms with E-state index in [0.717, 1.165) is 11.0 Å². The van der Waals surface area contributed by atoms with Crippen LogP contribution in [0.25, 0.3) is 0 Å². The molecule has 0 spiro atoms. The van der Waals surface area contributed by atoms with Gasteiger partial charge in [0.1, 0.15) is 11.6 Å². The molecule has 1 aliphatic heterocycles. The summed E-state index contributed by atoms with van der Waals surface area (Å²) in [5.41, 5.74) is 0.896. The van der Waals surface area contributed by atoms with Gasteiger partial charge in [-0.2, -0.15) is 0 Å². The Morgan fingerprint density at radius 1 is 1.10 bits per heavy atom. The average molecular weight is 401 g/mol. The van der Waals surface area contributed by atoms with Crippen LogP contribution >= 0.6 is 0 Å². The van der Waals surface area contributed by atoms with E-state index >= 15 is 0 Å². The predicted molar refractivity (Wildman–Crippen MR) is 104 cm³/mol. The van der Waals surface area contributed by atoms with Crippen molar-refractivity contribution in [2.75, 3.05) is 16.8 Å². The zero-order chi connectivity index (χ0) is 21.1. The van der Waals surface area contributed by atoms with Crippen molar-refractivity contribution < 1.29 is 23.2 Å². The van der Waals surface area contributed by atoms with Crippen LogP contribution < -0.4 is 15.5 Å². The van der Waals surface area contributed by atoms with Gasteiger partial charge >= 0.3 is 0 Å². The molecular formula is C21H21F2N3O3. The molecule has 0 saturated carbocycles. The first-order valence-electron chi connectivity index (χ1n) is 9.22. The Hall–Kier alpha value is -3.29. The van der Waals surface area contributed by atoms with Crippen LogP contribution in [0.3, 0.4) is 0 Å². The molecule has 0 radical (unpaired) electrons. The smallest absolute Gasteiger partial charge is 0.251 e. The summed E-state index contributed by atoms with van der Waals surface area (Å²) in [7, 11) is 0. The van der Waals surface area contributed by atoms with Crippen molar-refractivity contribution in [1.29, 1.82) is 0 Å². The lowest BCUT2D eigenvalue weighted by molar-refractivity contribution is -0.122. The Balaban J connectivity index is 1.64. The Morgan fingerprint density at radius 3 is 2.41 bits per heavy atom. The second-order valence-electron chi connectivity index (χ2n) is 7.20. The third kappa shape index (κ3) is 4.77. The summed E-state index contributed by atoms with van der Waals surface area (Å²) in [6, 6.07) is 9.34. The van der Waals surface area contributed by atoms with E-state index in [1.165, 1.54) is 6.07 Å². The fourth-order valence-electron chi connectivity index (χ4n) is 3.11. The topological polar surface area (TPSA) is 78.5 Å². The maximum absolute atomic E-state index is 14.0. The normalized spacial score (nSPS) is 16.2. The second kappa shape index (κ2) is 8.38. The fourth-order valence-corrected chi connectivity index (χ4v) is 3.11. The van der Waals surface area contributed by atoms with Crippen LogP contribution in [0.1, 0.15) is 30.6 Å². The van der Waals surface area contributed by atoms with E-state index in [0.29, 0.717) is 17.3 Å². The number of hydrogen-bond donors (Lipinski definition) is 2. The third-order valence-corrected chi connectivity index (χ3v) is 4.53. The van der Waals surface area contributed by atoms with Gasteiger partial charge in [0.2, 0.25) is 11.8 Å². The van der Waals surface area contributed by atoms with Gasteiger partial charge in [0.25, 0.3) is 5.91 Å². The molecular weight excluding hydrogens is 380 g/mol. The van der Waals surface area contributed by atoms with Gasteiger partial charge < -0.3 is 15.5 Å². The van der Waals surface area contributed by atoms with Gasteiger partial charge in [-0.05, 0) is 50.2 Å². The van der Waals surface area contributed by atoms with Gasteiger partial charge in [-0.25, -0.2) is 8.78 Å². The molecule has 0 bridgehead atoms. The molecule has 2 aromatic rings. The molecule has 0 aromatic heterocycles. The van der Waals surface area contributed by atoms with E-state index in [-0.39, 0.29) is 36.5 Å². The van der Waals surface area contributed by atoms with Gasteiger partial charge in [-0.15, -0.1) is 0 Å². The van der Waals surface area contributed by atoms with Gasteiger partial charge in [-0.3, -0.25) is 14.4 Å². The number of nitrogens with zero attached hydrogens (tertiary/aromatic N) is 1. The summed E-state index contributed by atoms with van der Waals surface area (Å²) in [5.74, 6) is -3.27. The average Bonchev–Trinajstić information content (AvgIpc) is 3.03. The summed E-state index contributed by atoms with van der Waals surface area (Å²) in [6.07, 6.45) is -0.0719. The number of carbonyl (C=O) groups is 3. The Labute approximate surface area is 166 Å². The monoisotopic (exact) mass is 401 g/mol. The van der Waals surface area contributed by atoms with Crippen LogP contribution in [0.2, 0.25) is 0 Å². The summed E-state index contributed by atoms with van der Waals surface area (Å²) < 4.78 is 27.1. The summed E-state index contributed by atoms with van der Waals surface area (Å²) in [5, 5.41) is 5.48. The van der Waals surface area contributed by atoms with E-state index in [1.807, 2.05) is 13.8 Å². The predicted octanol–water partition coefficient (Wildman–Crippen LogP) is 3.09. The largest absolute Gasteiger partial charge is 0.350 e. The highest BCUT2D eigenvalue weighted by Gasteiger charge is 2.36. The van der Waals surface area contributed by atoms with Crippen LogP contribution in [0.15, 0.2) is 42.5 Å². The molecule has 2 N–H and O–H groups in total. The minimum absolute atomic E-state index is 0.00208. The zero-order valence-electron chi connectivity index (χ0n) is 16.0. The van der Waals surface area contributed by atoms with Gasteiger partial charge in [0.05, 0.1) is 11.6 Å². The van der Waals surface area contributed by atoms with Crippen LogP contribution in [0.5, 0.6) is 0 Å². The zero-order valence-corrected chi connectivity index (χ0v) is 16.0. The highest BCUT2D eigenvalue weighted by Crippen LogP contribution is 2.28. The summed E-state index contributed by atoms with van der Waals surface area (Å²) in [4.78, 5) is 37.9. The number of halogens is 2. The highest BCUT2D eigenvalue weighted by molar-refractivity contribution is 6.03. The number of rotatable bonds is 5. The first kappa shape index (κ1) is 20.4. The quantitative estimate of drug-likeness (QED) is 0.808. The maximum Gasteiger partial charge on any atom is 0.251 e. The van der Waals surface area contributed by atoms with Gasteiger partial charge in [0, 0.05) is 36.3 Å². The number of anilines is 2. The molecule has 1 aliphatic rings. The number of hydrogen-bond acceptors (Lipinski definition) is 3. The van der Waals surface area contributed by atoms with Crippen molar-refractivity contribution in [3.8, 4) is 0 Å². The van der Waals surface area contributed by atoms with Crippen molar-refractivity contribution in [2.45, 2.75) is 26.3 Å². The fraction of sp³-hybridized carbons (Fsp3) is 0.286. The molecule has 152 valence electrons. The summed E-state index contributed by atoms with van der Waals surface area (Å²) in [6.45, 7) is 3.72. The first-order valence-corrected chi connectivity index (χ1v) is 9.22. The molecule has 1 atom stereocenters. The molecule has 1 saturated heterocycles. The molecule has 1 heterocycles. The number of amides is 3. The van der Waals surface area contributed by atoms with E-state index < -0.39 is 23.5 Å². The van der Waals surface area contributed by atoms with Crippen molar-refractivity contribution >= 4 is 29.1 Å². The molecule has 29 heavy (non-hydrogen) atoms. The second-order valence-corrected chi connectivity index (χ2v) is 7.20. The van der Waals surface area contributed by atoms with Crippen molar-refractivity contribution in [1.82, 2.24) is 5.32 Å². The molecule has 0 aliphatic carbocycles. The van der Waals surface area contributed by atoms with Crippen molar-refractivity contribution in [3.05, 3.63) is 59.7 Å². The first-order chi connectivity index (χ1) is 13.7. The minimum Gasteiger partial charge on any atom is -0.350 e. The van der Waals surface area contributed by atoms with Crippen LogP contribution in [-0.2, 0) is 9.59 Å². The van der Waals surface area contributed by atoms with Crippen LogP contribution in [-0.4, -0.2) is 30.3 Å². The SMILES string of the molecule is CC(C)NC(=O)c1ccc(NC(=O)C2CC(=O)N(c3ccc(F)cc3F)C2)cc1.